The van der Waals surface area contributed by atoms with E-state index in [9.17, 15) is 0 Å². The maximum atomic E-state index is 6.09. The first-order chi connectivity index (χ1) is 16.2. The van der Waals surface area contributed by atoms with E-state index in [1.807, 2.05) is 18.2 Å². The molecule has 1 aliphatic heterocycles. The zero-order chi connectivity index (χ0) is 23.0. The summed E-state index contributed by atoms with van der Waals surface area (Å²) in [6.45, 7) is 12.4. The fourth-order valence-corrected chi connectivity index (χ4v) is 4.59. The van der Waals surface area contributed by atoms with Crippen molar-refractivity contribution in [2.75, 3.05) is 51.7 Å². The van der Waals surface area contributed by atoms with Gasteiger partial charge < -0.3 is 23.9 Å². The van der Waals surface area contributed by atoms with E-state index in [4.69, 9.17) is 14.1 Å². The quantitative estimate of drug-likeness (QED) is 0.379. The van der Waals surface area contributed by atoms with Crippen LogP contribution >= 0.6 is 0 Å². The summed E-state index contributed by atoms with van der Waals surface area (Å²) in [6.07, 6.45) is 5.21. The zero-order valence-electron chi connectivity index (χ0n) is 20.4. The average Bonchev–Trinajstić information content (AvgIpc) is 3.46. The molecule has 33 heavy (non-hydrogen) atoms. The summed E-state index contributed by atoms with van der Waals surface area (Å²) in [7, 11) is 2.11. The van der Waals surface area contributed by atoms with E-state index in [1.165, 1.54) is 19.4 Å². The first-order valence-electron chi connectivity index (χ1n) is 12.5. The summed E-state index contributed by atoms with van der Waals surface area (Å²) in [6, 6.07) is 10.2. The Balaban J connectivity index is 1.31. The van der Waals surface area contributed by atoms with Gasteiger partial charge in [0.2, 0.25) is 5.95 Å². The van der Waals surface area contributed by atoms with Gasteiger partial charge in [0.1, 0.15) is 11.5 Å². The van der Waals surface area contributed by atoms with Crippen molar-refractivity contribution in [2.45, 2.75) is 46.2 Å². The standard InChI is InChI=1S/C26H39N5O2/c1-4-6-13-30(5-2)18-21-17-27-26-28-24-11-10-22(16-25(24)31(26)19-21)32-15-8-12-29(3)20-23-9-7-14-33-23/h7,9-11,14,16,21H,4-6,8,12-13,15,17-20H2,1-3H3,(H,27,28). The number of benzene rings is 1. The van der Waals surface area contributed by atoms with E-state index in [1.54, 1.807) is 6.26 Å². The summed E-state index contributed by atoms with van der Waals surface area (Å²) in [4.78, 5) is 9.64. The smallest absolute Gasteiger partial charge is 0.203 e. The zero-order valence-corrected chi connectivity index (χ0v) is 20.4. The van der Waals surface area contributed by atoms with Crippen LogP contribution in [0.25, 0.3) is 11.0 Å². The second-order valence-corrected chi connectivity index (χ2v) is 9.21. The molecule has 0 radical (unpaired) electrons. The lowest BCUT2D eigenvalue weighted by Crippen LogP contribution is -2.38. The molecule has 0 fully saturated rings. The molecule has 1 aromatic carbocycles. The van der Waals surface area contributed by atoms with E-state index < -0.39 is 0 Å². The fraction of sp³-hybridized carbons (Fsp3) is 0.577. The Labute approximate surface area is 197 Å². The number of nitrogens with one attached hydrogen (secondary N) is 1. The van der Waals surface area contributed by atoms with Gasteiger partial charge in [-0.05, 0) is 57.2 Å². The predicted molar refractivity (Wildman–Crippen MR) is 134 cm³/mol. The molecule has 0 spiro atoms. The van der Waals surface area contributed by atoms with Crippen LogP contribution in [0.3, 0.4) is 0 Å². The normalized spacial score (nSPS) is 15.8. The number of rotatable bonds is 13. The van der Waals surface area contributed by atoms with Gasteiger partial charge in [-0.1, -0.05) is 20.3 Å². The van der Waals surface area contributed by atoms with Crippen LogP contribution in [0.5, 0.6) is 5.75 Å². The van der Waals surface area contributed by atoms with Crippen molar-refractivity contribution in [3.63, 3.8) is 0 Å². The van der Waals surface area contributed by atoms with Gasteiger partial charge in [0, 0.05) is 38.2 Å². The number of anilines is 1. The number of nitrogens with zero attached hydrogens (tertiary/aromatic N) is 4. The topological polar surface area (TPSA) is 58.7 Å². The van der Waals surface area contributed by atoms with Crippen molar-refractivity contribution >= 4 is 17.0 Å². The largest absolute Gasteiger partial charge is 0.493 e. The molecule has 7 nitrogen and oxygen atoms in total. The van der Waals surface area contributed by atoms with E-state index in [0.717, 1.165) is 74.2 Å². The highest BCUT2D eigenvalue weighted by atomic mass is 16.5. The Morgan fingerprint density at radius 1 is 1.21 bits per heavy atom. The molecule has 180 valence electrons. The molecule has 1 unspecified atom stereocenters. The lowest BCUT2D eigenvalue weighted by atomic mass is 10.1. The molecule has 0 saturated heterocycles. The molecule has 1 N–H and O–H groups in total. The van der Waals surface area contributed by atoms with E-state index >= 15 is 0 Å². The van der Waals surface area contributed by atoms with Crippen LogP contribution in [-0.2, 0) is 13.1 Å². The number of furan rings is 1. The van der Waals surface area contributed by atoms with Crippen molar-refractivity contribution in [1.82, 2.24) is 19.4 Å². The molecule has 7 heteroatoms. The van der Waals surface area contributed by atoms with Crippen LogP contribution in [0.1, 0.15) is 38.9 Å². The van der Waals surface area contributed by atoms with Gasteiger partial charge >= 0.3 is 0 Å². The number of fused-ring (bicyclic) bond motifs is 3. The molecule has 1 aliphatic rings. The Hall–Kier alpha value is -2.51. The van der Waals surface area contributed by atoms with Gasteiger partial charge in [-0.2, -0.15) is 0 Å². The lowest BCUT2D eigenvalue weighted by Gasteiger charge is -2.30. The number of aromatic nitrogens is 2. The van der Waals surface area contributed by atoms with Crippen LogP contribution < -0.4 is 10.1 Å². The van der Waals surface area contributed by atoms with Gasteiger partial charge in [0.25, 0.3) is 0 Å². The molecule has 0 bridgehead atoms. The third kappa shape index (κ3) is 6.30. The second-order valence-electron chi connectivity index (χ2n) is 9.21. The average molecular weight is 454 g/mol. The summed E-state index contributed by atoms with van der Waals surface area (Å²) in [5.74, 6) is 3.48. The molecule has 0 aliphatic carbocycles. The van der Waals surface area contributed by atoms with E-state index in [-0.39, 0.29) is 0 Å². The summed E-state index contributed by atoms with van der Waals surface area (Å²) in [5.41, 5.74) is 2.19. The highest BCUT2D eigenvalue weighted by Gasteiger charge is 2.23. The molecule has 3 aromatic rings. The molecular weight excluding hydrogens is 414 g/mol. The Bertz CT molecular complexity index is 984. The molecular formula is C26H39N5O2. The highest BCUT2D eigenvalue weighted by Crippen LogP contribution is 2.28. The predicted octanol–water partition coefficient (Wildman–Crippen LogP) is 4.69. The number of hydrogen-bond acceptors (Lipinski definition) is 6. The summed E-state index contributed by atoms with van der Waals surface area (Å²) < 4.78 is 13.8. The van der Waals surface area contributed by atoms with Crippen molar-refractivity contribution in [2.24, 2.45) is 5.92 Å². The third-order valence-electron chi connectivity index (χ3n) is 6.46. The second kappa shape index (κ2) is 11.6. The number of imidazole rings is 1. The molecule has 3 heterocycles. The molecule has 0 amide bonds. The molecule has 4 rings (SSSR count). The van der Waals surface area contributed by atoms with Crippen LogP contribution in [0.4, 0.5) is 5.95 Å². The van der Waals surface area contributed by atoms with Crippen molar-refractivity contribution in [3.8, 4) is 5.75 Å². The minimum Gasteiger partial charge on any atom is -0.493 e. The Morgan fingerprint density at radius 2 is 2.12 bits per heavy atom. The SMILES string of the molecule is CCCCN(CC)CC1CNc2nc3ccc(OCCCN(C)Cc4ccco4)cc3n2C1. The van der Waals surface area contributed by atoms with Crippen molar-refractivity contribution < 1.29 is 9.15 Å². The third-order valence-corrected chi connectivity index (χ3v) is 6.46. The van der Waals surface area contributed by atoms with Crippen LogP contribution in [0.15, 0.2) is 41.0 Å². The summed E-state index contributed by atoms with van der Waals surface area (Å²) >= 11 is 0. The Kier molecular flexibility index (Phi) is 8.29. The first kappa shape index (κ1) is 23.6. The molecule has 1 atom stereocenters. The fourth-order valence-electron chi connectivity index (χ4n) is 4.59. The number of unbranched alkanes of at least 4 members (excludes halogenated alkanes) is 1. The van der Waals surface area contributed by atoms with Crippen molar-refractivity contribution in [3.05, 3.63) is 42.4 Å². The van der Waals surface area contributed by atoms with Gasteiger partial charge in [-0.3, -0.25) is 4.90 Å². The number of hydrogen-bond donors (Lipinski definition) is 1. The van der Waals surface area contributed by atoms with E-state index in [2.05, 4.69) is 52.7 Å². The monoisotopic (exact) mass is 453 g/mol. The maximum Gasteiger partial charge on any atom is 0.203 e. The van der Waals surface area contributed by atoms with E-state index in [0.29, 0.717) is 12.5 Å². The van der Waals surface area contributed by atoms with Gasteiger partial charge in [-0.15, -0.1) is 0 Å². The molecule has 0 saturated carbocycles. The van der Waals surface area contributed by atoms with Crippen LogP contribution in [0.2, 0.25) is 0 Å². The highest BCUT2D eigenvalue weighted by molar-refractivity contribution is 5.80. The van der Waals surface area contributed by atoms with Gasteiger partial charge in [-0.25, -0.2) is 4.98 Å². The lowest BCUT2D eigenvalue weighted by molar-refractivity contribution is 0.227. The van der Waals surface area contributed by atoms with Crippen molar-refractivity contribution in [1.29, 1.82) is 0 Å². The van der Waals surface area contributed by atoms with Gasteiger partial charge in [0.05, 0.1) is 30.4 Å². The number of ether oxygens (including phenoxy) is 1. The maximum absolute atomic E-state index is 6.09. The first-order valence-corrected chi connectivity index (χ1v) is 12.5. The summed E-state index contributed by atoms with van der Waals surface area (Å²) in [5, 5.41) is 3.56. The Morgan fingerprint density at radius 3 is 2.91 bits per heavy atom. The molecule has 2 aromatic heterocycles. The van der Waals surface area contributed by atoms with Gasteiger partial charge in [0.15, 0.2) is 0 Å². The minimum absolute atomic E-state index is 0.584. The van der Waals surface area contributed by atoms with Crippen LogP contribution in [0, 0.1) is 5.92 Å². The minimum atomic E-state index is 0.584. The van der Waals surface area contributed by atoms with Crippen LogP contribution in [-0.4, -0.2) is 65.7 Å².